The van der Waals surface area contributed by atoms with Gasteiger partial charge in [-0.15, -0.1) is 0 Å². The lowest BCUT2D eigenvalue weighted by Gasteiger charge is -2.12. The van der Waals surface area contributed by atoms with Crippen LogP contribution in [0.4, 0.5) is 5.95 Å². The molecule has 0 spiro atoms. The second-order valence-corrected chi connectivity index (χ2v) is 7.81. The van der Waals surface area contributed by atoms with E-state index in [9.17, 15) is 9.59 Å². The molecule has 8 nitrogen and oxygen atoms in total. The Labute approximate surface area is 172 Å². The molecule has 0 amide bonds. The summed E-state index contributed by atoms with van der Waals surface area (Å²) >= 11 is 5.93. The lowest BCUT2D eigenvalue weighted by Crippen LogP contribution is -2.39. The molecule has 1 saturated carbocycles. The summed E-state index contributed by atoms with van der Waals surface area (Å²) in [6.45, 7) is 0.162. The van der Waals surface area contributed by atoms with Crippen molar-refractivity contribution in [2.75, 3.05) is 5.43 Å². The van der Waals surface area contributed by atoms with Crippen LogP contribution in [0.15, 0.2) is 39.0 Å². The Morgan fingerprint density at radius 3 is 2.45 bits per heavy atom. The fourth-order valence-electron chi connectivity index (χ4n) is 3.66. The highest BCUT2D eigenvalue weighted by atomic mass is 35.5. The standard InChI is InChI=1S/C20H23ClN6O2/c1-25-16-17(22-19(25)24-23-15-6-4-3-5-7-15)26(2)20(29)27(18(16)28)12-13-8-10-14(21)11-9-13/h8-11H,3-7,12H2,1-2H3,(H,22,24). The molecule has 0 aliphatic heterocycles. The minimum atomic E-state index is -0.416. The molecule has 0 radical (unpaired) electrons. The molecule has 3 aromatic rings. The summed E-state index contributed by atoms with van der Waals surface area (Å²) < 4.78 is 4.26. The first-order valence-electron chi connectivity index (χ1n) is 9.68. The highest BCUT2D eigenvalue weighted by Crippen LogP contribution is 2.17. The summed E-state index contributed by atoms with van der Waals surface area (Å²) in [6, 6.07) is 7.08. The molecular weight excluding hydrogens is 392 g/mol. The Morgan fingerprint density at radius 1 is 1.07 bits per heavy atom. The van der Waals surface area contributed by atoms with Gasteiger partial charge < -0.3 is 4.57 Å². The van der Waals surface area contributed by atoms with E-state index in [2.05, 4.69) is 15.5 Å². The lowest BCUT2D eigenvalue weighted by molar-refractivity contribution is 0.655. The van der Waals surface area contributed by atoms with Crippen molar-refractivity contribution < 1.29 is 0 Å². The van der Waals surface area contributed by atoms with Crippen molar-refractivity contribution >= 4 is 34.4 Å². The number of halogens is 1. The lowest BCUT2D eigenvalue weighted by atomic mass is 9.99. The van der Waals surface area contributed by atoms with Gasteiger partial charge in [-0.05, 0) is 43.4 Å². The molecule has 0 bridgehead atoms. The van der Waals surface area contributed by atoms with Gasteiger partial charge in [0.25, 0.3) is 5.56 Å². The number of hydrogen-bond donors (Lipinski definition) is 1. The van der Waals surface area contributed by atoms with Crippen molar-refractivity contribution in [3.8, 4) is 0 Å². The quantitative estimate of drug-likeness (QED) is 0.665. The van der Waals surface area contributed by atoms with E-state index in [-0.39, 0.29) is 12.1 Å². The number of rotatable bonds is 4. The van der Waals surface area contributed by atoms with Crippen LogP contribution in [0.1, 0.15) is 37.7 Å². The third-order valence-corrected chi connectivity index (χ3v) is 5.61. The van der Waals surface area contributed by atoms with Gasteiger partial charge in [-0.3, -0.25) is 13.9 Å². The van der Waals surface area contributed by atoms with E-state index in [1.807, 2.05) is 0 Å². The minimum absolute atomic E-state index is 0.162. The number of nitrogens with one attached hydrogen (secondary N) is 1. The van der Waals surface area contributed by atoms with Crippen molar-refractivity contribution in [1.29, 1.82) is 0 Å². The van der Waals surface area contributed by atoms with Gasteiger partial charge in [0.05, 0.1) is 6.54 Å². The van der Waals surface area contributed by atoms with E-state index in [1.54, 1.807) is 42.9 Å². The van der Waals surface area contributed by atoms with E-state index in [4.69, 9.17) is 11.6 Å². The molecule has 0 saturated heterocycles. The maximum absolute atomic E-state index is 13.1. The Kier molecular flexibility index (Phi) is 5.27. The van der Waals surface area contributed by atoms with Gasteiger partial charge >= 0.3 is 5.69 Å². The molecule has 4 rings (SSSR count). The third kappa shape index (κ3) is 3.72. The van der Waals surface area contributed by atoms with Crippen molar-refractivity contribution in [2.24, 2.45) is 19.2 Å². The van der Waals surface area contributed by atoms with Crippen LogP contribution < -0.4 is 16.7 Å². The second kappa shape index (κ2) is 7.87. The van der Waals surface area contributed by atoms with Gasteiger partial charge in [-0.25, -0.2) is 10.2 Å². The number of aromatic nitrogens is 4. The Hall–Kier alpha value is -2.87. The highest BCUT2D eigenvalue weighted by molar-refractivity contribution is 6.30. The largest absolute Gasteiger partial charge is 0.332 e. The molecular formula is C20H23ClN6O2. The summed E-state index contributed by atoms with van der Waals surface area (Å²) in [5.74, 6) is 0.439. The minimum Gasteiger partial charge on any atom is -0.306 e. The molecule has 1 fully saturated rings. The molecule has 1 aliphatic rings. The normalized spacial score (nSPS) is 14.4. The maximum atomic E-state index is 13.1. The number of hydrazone groups is 1. The number of hydrogen-bond acceptors (Lipinski definition) is 5. The summed E-state index contributed by atoms with van der Waals surface area (Å²) in [6.07, 6.45) is 5.48. The monoisotopic (exact) mass is 414 g/mol. The number of anilines is 1. The van der Waals surface area contributed by atoms with Crippen LogP contribution in [0, 0.1) is 0 Å². The predicted octanol–water partition coefficient (Wildman–Crippen LogP) is 2.87. The van der Waals surface area contributed by atoms with Crippen LogP contribution in [0.2, 0.25) is 5.02 Å². The Morgan fingerprint density at radius 2 is 1.76 bits per heavy atom. The molecule has 1 aromatic carbocycles. The van der Waals surface area contributed by atoms with Gasteiger partial charge in [-0.2, -0.15) is 10.1 Å². The molecule has 2 heterocycles. The Balaban J connectivity index is 1.75. The van der Waals surface area contributed by atoms with Crippen LogP contribution in [0.5, 0.6) is 0 Å². The highest BCUT2D eigenvalue weighted by Gasteiger charge is 2.19. The molecule has 152 valence electrons. The molecule has 2 aromatic heterocycles. The first-order chi connectivity index (χ1) is 14.0. The number of imidazole rings is 1. The first-order valence-corrected chi connectivity index (χ1v) is 10.1. The topological polar surface area (TPSA) is 86.2 Å². The smallest absolute Gasteiger partial charge is 0.306 e. The SMILES string of the molecule is Cn1c(NN=C2CCCCC2)nc2c1c(=O)n(Cc1ccc(Cl)cc1)c(=O)n2C. The van der Waals surface area contributed by atoms with Gasteiger partial charge in [-0.1, -0.05) is 30.2 Å². The van der Waals surface area contributed by atoms with Gasteiger partial charge in [0.1, 0.15) is 0 Å². The van der Waals surface area contributed by atoms with E-state index < -0.39 is 5.69 Å². The van der Waals surface area contributed by atoms with Crippen LogP contribution in [0.3, 0.4) is 0 Å². The van der Waals surface area contributed by atoms with Crippen LogP contribution in [0.25, 0.3) is 11.2 Å². The number of fused-ring (bicyclic) bond motifs is 1. The van der Waals surface area contributed by atoms with Crippen molar-refractivity contribution in [3.63, 3.8) is 0 Å². The molecule has 29 heavy (non-hydrogen) atoms. The third-order valence-electron chi connectivity index (χ3n) is 5.36. The van der Waals surface area contributed by atoms with Crippen molar-refractivity contribution in [3.05, 3.63) is 55.7 Å². The fraction of sp³-hybridized carbons (Fsp3) is 0.400. The van der Waals surface area contributed by atoms with Crippen LogP contribution in [-0.4, -0.2) is 24.4 Å². The molecule has 0 unspecified atom stereocenters. The fourth-order valence-corrected chi connectivity index (χ4v) is 3.78. The molecule has 1 N–H and O–H groups in total. The zero-order chi connectivity index (χ0) is 20.5. The van der Waals surface area contributed by atoms with Gasteiger partial charge in [0.2, 0.25) is 5.95 Å². The van der Waals surface area contributed by atoms with Crippen LogP contribution in [-0.2, 0) is 20.6 Å². The van der Waals surface area contributed by atoms with E-state index in [0.717, 1.165) is 37.0 Å². The molecule has 1 aliphatic carbocycles. The summed E-state index contributed by atoms with van der Waals surface area (Å²) in [5, 5.41) is 5.07. The van der Waals surface area contributed by atoms with Gasteiger partial charge in [0.15, 0.2) is 11.2 Å². The Bertz CT molecular complexity index is 1190. The van der Waals surface area contributed by atoms with E-state index in [1.165, 1.54) is 15.6 Å². The number of benzene rings is 1. The summed E-state index contributed by atoms with van der Waals surface area (Å²) in [7, 11) is 3.36. The number of aryl methyl sites for hydroxylation is 2. The van der Waals surface area contributed by atoms with Crippen molar-refractivity contribution in [1.82, 2.24) is 18.7 Å². The molecule has 0 atom stereocenters. The predicted molar refractivity (Wildman–Crippen MR) is 115 cm³/mol. The zero-order valence-corrected chi connectivity index (χ0v) is 17.2. The first kappa shape index (κ1) is 19.4. The maximum Gasteiger partial charge on any atom is 0.332 e. The van der Waals surface area contributed by atoms with Crippen molar-refractivity contribution in [2.45, 2.75) is 38.6 Å². The summed E-state index contributed by atoms with van der Waals surface area (Å²) in [4.78, 5) is 30.4. The van der Waals surface area contributed by atoms with E-state index in [0.29, 0.717) is 22.1 Å². The second-order valence-electron chi connectivity index (χ2n) is 7.38. The average Bonchev–Trinajstić information content (AvgIpc) is 3.07. The average molecular weight is 415 g/mol. The van der Waals surface area contributed by atoms with E-state index >= 15 is 0 Å². The zero-order valence-electron chi connectivity index (χ0n) is 16.5. The number of nitrogens with zero attached hydrogens (tertiary/aromatic N) is 5. The van der Waals surface area contributed by atoms with Gasteiger partial charge in [0, 0.05) is 24.8 Å². The molecule has 9 heteroatoms. The summed E-state index contributed by atoms with van der Waals surface area (Å²) in [5.41, 5.74) is 4.80. The van der Waals surface area contributed by atoms with Crippen LogP contribution >= 0.6 is 11.6 Å².